The number of aryl methyl sites for hydroxylation is 1. The number of aromatic hydroxyl groups is 1. The molecule has 0 aromatic heterocycles. The Balaban J connectivity index is 1.49. The Morgan fingerprint density at radius 1 is 1.16 bits per heavy atom. The molecule has 4 rings (SSSR count). The van der Waals surface area contributed by atoms with E-state index in [0.29, 0.717) is 18.1 Å². The van der Waals surface area contributed by atoms with Crippen molar-refractivity contribution in [3.05, 3.63) is 53.1 Å². The van der Waals surface area contributed by atoms with Gasteiger partial charge >= 0.3 is 5.97 Å². The Kier molecular flexibility index (Phi) is 6.77. The lowest BCUT2D eigenvalue weighted by molar-refractivity contribution is -0.145. The fourth-order valence-electron chi connectivity index (χ4n) is 4.95. The quantitative estimate of drug-likeness (QED) is 0.481. The van der Waals surface area contributed by atoms with Crippen LogP contribution < -0.4 is 4.74 Å². The SMILES string of the molecule is CCOC(=O)COc1ccc(SN2Cc3cc(O)ccc3C3(CCCCC3)C2)cc1C. The maximum absolute atomic E-state index is 11.6. The summed E-state index contributed by atoms with van der Waals surface area (Å²) in [5.41, 5.74) is 3.86. The summed E-state index contributed by atoms with van der Waals surface area (Å²) in [4.78, 5) is 12.7. The summed E-state index contributed by atoms with van der Waals surface area (Å²) in [5, 5.41) is 10.1. The fourth-order valence-corrected chi connectivity index (χ4v) is 6.12. The highest BCUT2D eigenvalue weighted by molar-refractivity contribution is 7.97. The minimum atomic E-state index is -0.353. The molecule has 2 aliphatic rings. The van der Waals surface area contributed by atoms with Gasteiger partial charge < -0.3 is 14.6 Å². The zero-order valence-electron chi connectivity index (χ0n) is 18.4. The lowest BCUT2D eigenvalue weighted by Gasteiger charge is -2.46. The third-order valence-electron chi connectivity index (χ3n) is 6.33. The van der Waals surface area contributed by atoms with Crippen molar-refractivity contribution < 1.29 is 19.4 Å². The first-order chi connectivity index (χ1) is 15.0. The van der Waals surface area contributed by atoms with E-state index in [9.17, 15) is 9.90 Å². The van der Waals surface area contributed by atoms with Gasteiger partial charge in [0.2, 0.25) is 0 Å². The van der Waals surface area contributed by atoms with Gasteiger partial charge in [-0.3, -0.25) is 0 Å². The number of hydrogen-bond donors (Lipinski definition) is 1. The minimum Gasteiger partial charge on any atom is -0.508 e. The van der Waals surface area contributed by atoms with Gasteiger partial charge in [0.25, 0.3) is 0 Å². The Bertz CT molecular complexity index is 939. The molecular formula is C25H31NO4S. The average Bonchev–Trinajstić information content (AvgIpc) is 2.73. The van der Waals surface area contributed by atoms with Crippen molar-refractivity contribution in [2.24, 2.45) is 0 Å². The van der Waals surface area contributed by atoms with Crippen LogP contribution in [0.4, 0.5) is 0 Å². The van der Waals surface area contributed by atoms with Crippen LogP contribution in [0.1, 0.15) is 55.7 Å². The molecule has 1 spiro atoms. The van der Waals surface area contributed by atoms with E-state index in [-0.39, 0.29) is 18.0 Å². The van der Waals surface area contributed by atoms with Gasteiger partial charge in [0, 0.05) is 23.4 Å². The number of hydrogen-bond acceptors (Lipinski definition) is 6. The topological polar surface area (TPSA) is 59.0 Å². The molecule has 1 fully saturated rings. The molecule has 166 valence electrons. The lowest BCUT2D eigenvalue weighted by Crippen LogP contribution is -2.44. The molecule has 2 aromatic carbocycles. The molecule has 0 atom stereocenters. The zero-order valence-corrected chi connectivity index (χ0v) is 19.2. The van der Waals surface area contributed by atoms with Crippen molar-refractivity contribution in [1.29, 1.82) is 0 Å². The molecule has 1 saturated carbocycles. The molecule has 0 radical (unpaired) electrons. The number of esters is 1. The van der Waals surface area contributed by atoms with E-state index in [1.807, 2.05) is 31.2 Å². The predicted octanol–water partition coefficient (Wildman–Crippen LogP) is 5.37. The van der Waals surface area contributed by atoms with Crippen LogP contribution in [0.2, 0.25) is 0 Å². The molecule has 2 aromatic rings. The highest BCUT2D eigenvalue weighted by Gasteiger charge is 2.40. The summed E-state index contributed by atoms with van der Waals surface area (Å²) in [6.45, 7) is 5.90. The first kappa shape index (κ1) is 22.0. The first-order valence-electron chi connectivity index (χ1n) is 11.1. The van der Waals surface area contributed by atoms with Gasteiger partial charge in [-0.1, -0.05) is 25.3 Å². The van der Waals surface area contributed by atoms with Crippen LogP contribution in [0.5, 0.6) is 11.5 Å². The maximum atomic E-state index is 11.6. The minimum absolute atomic E-state index is 0.0733. The van der Waals surface area contributed by atoms with Crippen LogP contribution in [0.25, 0.3) is 0 Å². The van der Waals surface area contributed by atoms with Crippen molar-refractivity contribution >= 4 is 17.9 Å². The highest BCUT2D eigenvalue weighted by atomic mass is 32.2. The van der Waals surface area contributed by atoms with E-state index in [2.05, 4.69) is 16.4 Å². The van der Waals surface area contributed by atoms with Crippen LogP contribution in [0.3, 0.4) is 0 Å². The number of nitrogens with zero attached hydrogens (tertiary/aromatic N) is 1. The van der Waals surface area contributed by atoms with Crippen molar-refractivity contribution in [1.82, 2.24) is 4.31 Å². The smallest absolute Gasteiger partial charge is 0.344 e. The average molecular weight is 442 g/mol. The number of ether oxygens (including phenoxy) is 2. The molecule has 0 unspecified atom stereocenters. The Morgan fingerprint density at radius 3 is 2.71 bits per heavy atom. The monoisotopic (exact) mass is 441 g/mol. The molecule has 5 nitrogen and oxygen atoms in total. The molecular weight excluding hydrogens is 410 g/mol. The summed E-state index contributed by atoms with van der Waals surface area (Å²) in [7, 11) is 0. The van der Waals surface area contributed by atoms with Gasteiger partial charge in [-0.2, -0.15) is 0 Å². The molecule has 1 aliphatic carbocycles. The normalized spacial score (nSPS) is 17.9. The van der Waals surface area contributed by atoms with Crippen molar-refractivity contribution in [2.45, 2.75) is 62.8 Å². The summed E-state index contributed by atoms with van der Waals surface area (Å²) < 4.78 is 13.0. The van der Waals surface area contributed by atoms with E-state index in [0.717, 1.165) is 23.5 Å². The second kappa shape index (κ2) is 9.53. The maximum Gasteiger partial charge on any atom is 0.344 e. The van der Waals surface area contributed by atoms with Crippen LogP contribution in [0.15, 0.2) is 41.3 Å². The van der Waals surface area contributed by atoms with E-state index >= 15 is 0 Å². The van der Waals surface area contributed by atoms with E-state index < -0.39 is 0 Å². The van der Waals surface area contributed by atoms with E-state index in [1.54, 1.807) is 18.9 Å². The summed E-state index contributed by atoms with van der Waals surface area (Å²) in [5.74, 6) is 0.693. The third kappa shape index (κ3) is 5.01. The van der Waals surface area contributed by atoms with Crippen molar-refractivity contribution in [2.75, 3.05) is 19.8 Å². The Hall–Kier alpha value is -2.18. The Labute approximate surface area is 188 Å². The highest BCUT2D eigenvalue weighted by Crippen LogP contribution is 2.47. The first-order valence-corrected chi connectivity index (χ1v) is 11.9. The number of fused-ring (bicyclic) bond motifs is 2. The largest absolute Gasteiger partial charge is 0.508 e. The molecule has 1 N–H and O–H groups in total. The van der Waals surface area contributed by atoms with Crippen LogP contribution in [0, 0.1) is 6.92 Å². The molecule has 0 saturated heterocycles. The summed E-state index contributed by atoms with van der Waals surface area (Å²) >= 11 is 1.76. The molecule has 31 heavy (non-hydrogen) atoms. The van der Waals surface area contributed by atoms with Crippen LogP contribution in [-0.2, 0) is 21.5 Å². The molecule has 0 amide bonds. The second-order valence-corrected chi connectivity index (χ2v) is 9.76. The van der Waals surface area contributed by atoms with E-state index in [4.69, 9.17) is 9.47 Å². The summed E-state index contributed by atoms with van der Waals surface area (Å²) in [6, 6.07) is 12.0. The van der Waals surface area contributed by atoms with Crippen LogP contribution in [-0.4, -0.2) is 35.1 Å². The number of phenols is 1. The standard InChI is InChI=1S/C25H31NO4S/c1-3-29-24(28)16-30-23-10-8-21(13-18(23)2)31-26-15-19-14-20(27)7-9-22(19)25(17-26)11-5-4-6-12-25/h7-10,13-14,27H,3-6,11-12,15-17H2,1-2H3. The van der Waals surface area contributed by atoms with Crippen molar-refractivity contribution in [3.8, 4) is 11.5 Å². The zero-order chi connectivity index (χ0) is 21.8. The lowest BCUT2D eigenvalue weighted by atomic mass is 9.66. The molecule has 6 heteroatoms. The third-order valence-corrected chi connectivity index (χ3v) is 7.31. The predicted molar refractivity (Wildman–Crippen MR) is 122 cm³/mol. The number of rotatable bonds is 6. The van der Waals surface area contributed by atoms with Gasteiger partial charge in [0.15, 0.2) is 6.61 Å². The van der Waals surface area contributed by atoms with Crippen LogP contribution >= 0.6 is 11.9 Å². The summed E-state index contributed by atoms with van der Waals surface area (Å²) in [6.07, 6.45) is 6.27. The number of benzene rings is 2. The number of carbonyl (C=O) groups is 1. The fraction of sp³-hybridized carbons (Fsp3) is 0.480. The molecule has 1 heterocycles. The molecule has 0 bridgehead atoms. The van der Waals surface area contributed by atoms with Gasteiger partial charge in [0.05, 0.1) is 6.61 Å². The molecule has 1 aliphatic heterocycles. The van der Waals surface area contributed by atoms with Gasteiger partial charge in [-0.25, -0.2) is 9.10 Å². The second-order valence-electron chi connectivity index (χ2n) is 8.59. The number of phenolic OH excluding ortho intramolecular Hbond substituents is 1. The number of carbonyl (C=O) groups excluding carboxylic acids is 1. The van der Waals surface area contributed by atoms with Gasteiger partial charge in [-0.15, -0.1) is 0 Å². The Morgan fingerprint density at radius 2 is 1.97 bits per heavy atom. The van der Waals surface area contributed by atoms with E-state index in [1.165, 1.54) is 43.2 Å². The van der Waals surface area contributed by atoms with Gasteiger partial charge in [0.1, 0.15) is 11.5 Å². The van der Waals surface area contributed by atoms with Gasteiger partial charge in [-0.05, 0) is 85.7 Å². The van der Waals surface area contributed by atoms with Crippen molar-refractivity contribution in [3.63, 3.8) is 0 Å².